The maximum Gasteiger partial charge on any atom is 0.339 e. The number of anilines is 1. The van der Waals surface area contributed by atoms with Crippen molar-refractivity contribution in [1.29, 1.82) is 0 Å². The third-order valence-electron chi connectivity index (χ3n) is 3.33. The lowest BCUT2D eigenvalue weighted by Crippen LogP contribution is -2.28. The molecule has 0 spiro atoms. The van der Waals surface area contributed by atoms with E-state index in [0.29, 0.717) is 13.0 Å². The number of carbonyl (C=O) groups excluding carboxylic acids is 3. The van der Waals surface area contributed by atoms with Crippen molar-refractivity contribution in [3.63, 3.8) is 0 Å². The molecule has 0 saturated carbocycles. The van der Waals surface area contributed by atoms with Crippen molar-refractivity contribution in [3.05, 3.63) is 29.3 Å². The van der Waals surface area contributed by atoms with Gasteiger partial charge in [-0.1, -0.05) is 0 Å². The van der Waals surface area contributed by atoms with Crippen molar-refractivity contribution >= 4 is 23.5 Å². The number of amides is 1. The number of ether oxygens (including phenoxy) is 3. The lowest BCUT2D eigenvalue weighted by Gasteiger charge is -2.14. The van der Waals surface area contributed by atoms with E-state index in [1.807, 2.05) is 0 Å². The second-order valence-corrected chi connectivity index (χ2v) is 4.73. The Morgan fingerprint density at radius 2 is 1.91 bits per heavy atom. The van der Waals surface area contributed by atoms with Gasteiger partial charge in [-0.3, -0.25) is 4.79 Å². The van der Waals surface area contributed by atoms with Gasteiger partial charge in [0.2, 0.25) is 0 Å². The van der Waals surface area contributed by atoms with Crippen LogP contribution in [0.15, 0.2) is 18.2 Å². The number of hydrogen-bond acceptors (Lipinski definition) is 6. The highest BCUT2D eigenvalue weighted by molar-refractivity contribution is 6.04. The molecular formula is C15H17NO6. The first-order valence-corrected chi connectivity index (χ1v) is 6.80. The van der Waals surface area contributed by atoms with Gasteiger partial charge in [0.25, 0.3) is 5.91 Å². The van der Waals surface area contributed by atoms with Gasteiger partial charge in [-0.2, -0.15) is 0 Å². The summed E-state index contributed by atoms with van der Waals surface area (Å²) in [7, 11) is 2.49. The summed E-state index contributed by atoms with van der Waals surface area (Å²) < 4.78 is 14.6. The summed E-state index contributed by atoms with van der Waals surface area (Å²) in [4.78, 5) is 35.5. The average Bonchev–Trinajstić information content (AvgIpc) is 3.07. The molecule has 0 aromatic heterocycles. The summed E-state index contributed by atoms with van der Waals surface area (Å²) in [6.45, 7) is 0.532. The minimum atomic E-state index is -0.612. The van der Waals surface area contributed by atoms with Gasteiger partial charge < -0.3 is 19.5 Å². The van der Waals surface area contributed by atoms with E-state index >= 15 is 0 Å². The lowest BCUT2D eigenvalue weighted by atomic mass is 10.1. The standard InChI is InChI=1S/C15H17NO6/c1-20-14(18)9-5-6-10(15(19)21-2)11(8-9)16-13(17)12-4-3-7-22-12/h5-6,8,12H,3-4,7H2,1-2H3,(H,16,17)/t12-/m0/s1. The van der Waals surface area contributed by atoms with Crippen LogP contribution in [0.3, 0.4) is 0 Å². The summed E-state index contributed by atoms with van der Waals surface area (Å²) in [6, 6.07) is 4.22. The molecule has 1 N–H and O–H groups in total. The van der Waals surface area contributed by atoms with Gasteiger partial charge in [-0.15, -0.1) is 0 Å². The Balaban J connectivity index is 2.29. The van der Waals surface area contributed by atoms with Gasteiger partial charge >= 0.3 is 11.9 Å². The molecule has 1 amide bonds. The molecule has 1 aromatic carbocycles. The third-order valence-corrected chi connectivity index (χ3v) is 3.33. The fourth-order valence-electron chi connectivity index (χ4n) is 2.18. The number of methoxy groups -OCH3 is 2. The van der Waals surface area contributed by atoms with Crippen LogP contribution < -0.4 is 5.32 Å². The minimum absolute atomic E-state index is 0.154. The molecule has 1 fully saturated rings. The van der Waals surface area contributed by atoms with Crippen molar-refractivity contribution in [2.75, 3.05) is 26.1 Å². The van der Waals surface area contributed by atoms with Gasteiger partial charge in [0.1, 0.15) is 6.10 Å². The van der Waals surface area contributed by atoms with Gasteiger partial charge in [0.15, 0.2) is 0 Å². The van der Waals surface area contributed by atoms with Crippen LogP contribution >= 0.6 is 0 Å². The fraction of sp³-hybridized carbons (Fsp3) is 0.400. The van der Waals surface area contributed by atoms with Crippen LogP contribution in [0, 0.1) is 0 Å². The summed E-state index contributed by atoms with van der Waals surface area (Å²) in [5, 5.41) is 2.61. The molecule has 118 valence electrons. The van der Waals surface area contributed by atoms with Gasteiger partial charge in [0, 0.05) is 6.61 Å². The minimum Gasteiger partial charge on any atom is -0.465 e. The Hall–Kier alpha value is -2.41. The molecule has 0 bridgehead atoms. The number of esters is 2. The van der Waals surface area contributed by atoms with Crippen LogP contribution in [0.2, 0.25) is 0 Å². The molecule has 7 heteroatoms. The normalized spacial score (nSPS) is 16.9. The van der Waals surface area contributed by atoms with Gasteiger partial charge in [-0.05, 0) is 31.0 Å². The summed E-state index contributed by atoms with van der Waals surface area (Å²) >= 11 is 0. The summed E-state index contributed by atoms with van der Waals surface area (Å²) in [5.74, 6) is -1.53. The molecule has 1 aliphatic rings. The van der Waals surface area contributed by atoms with Crippen LogP contribution in [0.1, 0.15) is 33.6 Å². The number of hydrogen-bond donors (Lipinski definition) is 1. The highest BCUT2D eigenvalue weighted by atomic mass is 16.5. The first kappa shape index (κ1) is 16.0. The van der Waals surface area contributed by atoms with E-state index < -0.39 is 18.0 Å². The molecular weight excluding hydrogens is 290 g/mol. The zero-order valence-corrected chi connectivity index (χ0v) is 12.4. The molecule has 1 saturated heterocycles. The average molecular weight is 307 g/mol. The number of rotatable bonds is 4. The molecule has 1 heterocycles. The zero-order chi connectivity index (χ0) is 16.1. The Morgan fingerprint density at radius 1 is 1.18 bits per heavy atom. The molecule has 0 radical (unpaired) electrons. The first-order chi connectivity index (χ1) is 10.6. The van der Waals surface area contributed by atoms with E-state index in [-0.39, 0.29) is 22.7 Å². The smallest absolute Gasteiger partial charge is 0.339 e. The Morgan fingerprint density at radius 3 is 2.50 bits per heavy atom. The molecule has 7 nitrogen and oxygen atoms in total. The molecule has 1 aliphatic heterocycles. The number of carbonyl (C=O) groups is 3. The Labute approximate surface area is 127 Å². The van der Waals surface area contributed by atoms with Crippen LogP contribution in [0.25, 0.3) is 0 Å². The number of nitrogens with one attached hydrogen (secondary N) is 1. The van der Waals surface area contributed by atoms with Crippen LogP contribution in [0.4, 0.5) is 5.69 Å². The van der Waals surface area contributed by atoms with Gasteiger partial charge in [0.05, 0.1) is 31.0 Å². The van der Waals surface area contributed by atoms with E-state index in [1.165, 1.54) is 32.4 Å². The van der Waals surface area contributed by atoms with Crippen LogP contribution in [-0.4, -0.2) is 44.8 Å². The molecule has 0 aliphatic carbocycles. The van der Waals surface area contributed by atoms with Crippen molar-refractivity contribution in [2.45, 2.75) is 18.9 Å². The maximum atomic E-state index is 12.1. The van der Waals surface area contributed by atoms with E-state index in [9.17, 15) is 14.4 Å². The fourth-order valence-corrected chi connectivity index (χ4v) is 2.18. The van der Waals surface area contributed by atoms with E-state index in [4.69, 9.17) is 4.74 Å². The van der Waals surface area contributed by atoms with E-state index in [0.717, 1.165) is 6.42 Å². The lowest BCUT2D eigenvalue weighted by molar-refractivity contribution is -0.124. The Kier molecular flexibility index (Phi) is 5.11. The third kappa shape index (κ3) is 3.43. The van der Waals surface area contributed by atoms with Crippen molar-refractivity contribution in [3.8, 4) is 0 Å². The quantitative estimate of drug-likeness (QED) is 0.845. The summed E-state index contributed by atoms with van der Waals surface area (Å²) in [5.41, 5.74) is 0.564. The predicted octanol–water partition coefficient (Wildman–Crippen LogP) is 1.38. The maximum absolute atomic E-state index is 12.1. The summed E-state index contributed by atoms with van der Waals surface area (Å²) in [6.07, 6.45) is 0.882. The van der Waals surface area contributed by atoms with Crippen LogP contribution in [-0.2, 0) is 19.0 Å². The monoisotopic (exact) mass is 307 g/mol. The molecule has 22 heavy (non-hydrogen) atoms. The zero-order valence-electron chi connectivity index (χ0n) is 12.4. The molecule has 0 unspecified atom stereocenters. The molecule has 1 aromatic rings. The van der Waals surface area contributed by atoms with Gasteiger partial charge in [-0.25, -0.2) is 9.59 Å². The van der Waals surface area contributed by atoms with E-state index in [2.05, 4.69) is 14.8 Å². The van der Waals surface area contributed by atoms with E-state index in [1.54, 1.807) is 0 Å². The topological polar surface area (TPSA) is 90.9 Å². The second kappa shape index (κ2) is 7.04. The van der Waals surface area contributed by atoms with Crippen molar-refractivity contribution in [1.82, 2.24) is 0 Å². The second-order valence-electron chi connectivity index (χ2n) is 4.73. The number of benzene rings is 1. The van der Waals surface area contributed by atoms with Crippen molar-refractivity contribution in [2.24, 2.45) is 0 Å². The largest absolute Gasteiger partial charge is 0.465 e. The highest BCUT2D eigenvalue weighted by Crippen LogP contribution is 2.21. The molecule has 1 atom stereocenters. The van der Waals surface area contributed by atoms with Crippen molar-refractivity contribution < 1.29 is 28.6 Å². The molecule has 2 rings (SSSR count). The first-order valence-electron chi connectivity index (χ1n) is 6.80. The van der Waals surface area contributed by atoms with Crippen LogP contribution in [0.5, 0.6) is 0 Å². The Bertz CT molecular complexity index is 592. The SMILES string of the molecule is COC(=O)c1ccc(C(=O)OC)c(NC(=O)[C@@H]2CCCO2)c1. The highest BCUT2D eigenvalue weighted by Gasteiger charge is 2.25. The predicted molar refractivity (Wildman–Crippen MR) is 76.7 cm³/mol.